The molecule has 34 heavy (non-hydrogen) atoms. The van der Waals surface area contributed by atoms with Crippen molar-refractivity contribution in [3.63, 3.8) is 0 Å². The van der Waals surface area contributed by atoms with Gasteiger partial charge in [-0.3, -0.25) is 14.9 Å². The standard InChI is InChI=1S/C25H34N2O6S/c1-3-25(24(28)26-29,34(30,31)23-13-11-21(32-2)12-14-23)19-20-7-9-22(10-8-20)33-18-17-27-15-5-4-6-16-27/h7-14,29H,3-6,15-19H2,1-2H3,(H,26,28). The fraction of sp³-hybridized carbons (Fsp3) is 0.480. The minimum absolute atomic E-state index is 0.0172. The van der Waals surface area contributed by atoms with Crippen molar-refractivity contribution in [2.45, 2.75) is 48.7 Å². The molecule has 1 heterocycles. The molecular weight excluding hydrogens is 456 g/mol. The smallest absolute Gasteiger partial charge is 0.265 e. The highest BCUT2D eigenvalue weighted by molar-refractivity contribution is 7.93. The van der Waals surface area contributed by atoms with Gasteiger partial charge in [-0.15, -0.1) is 0 Å². The van der Waals surface area contributed by atoms with E-state index in [-0.39, 0.29) is 17.7 Å². The first kappa shape index (κ1) is 26.0. The first-order valence-electron chi connectivity index (χ1n) is 11.6. The number of amides is 1. The molecule has 2 aromatic carbocycles. The van der Waals surface area contributed by atoms with Crippen LogP contribution in [0, 0.1) is 0 Å². The van der Waals surface area contributed by atoms with Crippen molar-refractivity contribution in [3.05, 3.63) is 54.1 Å². The lowest BCUT2D eigenvalue weighted by Gasteiger charge is -2.30. The summed E-state index contributed by atoms with van der Waals surface area (Å²) in [5.74, 6) is 0.226. The Balaban J connectivity index is 1.76. The molecule has 3 rings (SSSR count). The van der Waals surface area contributed by atoms with Gasteiger partial charge < -0.3 is 9.47 Å². The summed E-state index contributed by atoms with van der Waals surface area (Å²) in [5, 5.41) is 9.41. The van der Waals surface area contributed by atoms with Crippen molar-refractivity contribution in [2.24, 2.45) is 0 Å². The summed E-state index contributed by atoms with van der Waals surface area (Å²) < 4.78 is 36.3. The lowest BCUT2D eigenvalue weighted by molar-refractivity contribution is -0.132. The summed E-state index contributed by atoms with van der Waals surface area (Å²) in [4.78, 5) is 15.2. The molecule has 8 nitrogen and oxygen atoms in total. The van der Waals surface area contributed by atoms with Crippen LogP contribution in [0.1, 0.15) is 38.2 Å². The molecule has 1 amide bonds. The first-order chi connectivity index (χ1) is 16.4. The molecule has 0 bridgehead atoms. The Kier molecular flexibility index (Phi) is 8.93. The number of carbonyl (C=O) groups is 1. The molecule has 1 saturated heterocycles. The van der Waals surface area contributed by atoms with Gasteiger partial charge in [0.25, 0.3) is 5.91 Å². The Morgan fingerprint density at radius 1 is 1.03 bits per heavy atom. The quantitative estimate of drug-likeness (QED) is 0.368. The topological polar surface area (TPSA) is 105 Å². The number of hydrogen-bond donors (Lipinski definition) is 2. The molecule has 0 aliphatic carbocycles. The summed E-state index contributed by atoms with van der Waals surface area (Å²) in [7, 11) is -2.66. The molecular formula is C25H34N2O6S. The molecule has 1 atom stereocenters. The average molecular weight is 491 g/mol. The zero-order valence-corrected chi connectivity index (χ0v) is 20.6. The maximum Gasteiger partial charge on any atom is 0.265 e. The lowest BCUT2D eigenvalue weighted by atomic mass is 9.95. The number of nitrogens with one attached hydrogen (secondary N) is 1. The molecule has 0 radical (unpaired) electrons. The summed E-state index contributed by atoms with van der Waals surface area (Å²) in [5.41, 5.74) is 2.22. The molecule has 0 aromatic heterocycles. The lowest BCUT2D eigenvalue weighted by Crippen LogP contribution is -2.53. The average Bonchev–Trinajstić information content (AvgIpc) is 2.88. The monoisotopic (exact) mass is 490 g/mol. The molecule has 0 spiro atoms. The van der Waals surface area contributed by atoms with E-state index < -0.39 is 20.5 Å². The van der Waals surface area contributed by atoms with Gasteiger partial charge in [0.05, 0.1) is 12.0 Å². The van der Waals surface area contributed by atoms with Gasteiger partial charge in [0.1, 0.15) is 18.1 Å². The Morgan fingerprint density at radius 3 is 2.21 bits per heavy atom. The number of hydroxylamine groups is 1. The van der Waals surface area contributed by atoms with Crippen molar-refractivity contribution < 1.29 is 27.9 Å². The second-order valence-electron chi connectivity index (χ2n) is 8.54. The number of piperidine rings is 1. The van der Waals surface area contributed by atoms with Gasteiger partial charge >= 0.3 is 0 Å². The van der Waals surface area contributed by atoms with Crippen LogP contribution in [0.2, 0.25) is 0 Å². The number of likely N-dealkylation sites (tertiary alicyclic amines) is 1. The van der Waals surface area contributed by atoms with E-state index in [9.17, 15) is 18.4 Å². The fourth-order valence-corrected chi connectivity index (χ4v) is 6.34. The van der Waals surface area contributed by atoms with Gasteiger partial charge in [0.2, 0.25) is 0 Å². The van der Waals surface area contributed by atoms with Crippen LogP contribution >= 0.6 is 0 Å². The van der Waals surface area contributed by atoms with Crippen LogP contribution in [-0.4, -0.2) is 62.5 Å². The molecule has 1 fully saturated rings. The van der Waals surface area contributed by atoms with Gasteiger partial charge in [-0.05, 0) is 74.3 Å². The van der Waals surface area contributed by atoms with Gasteiger partial charge in [0.15, 0.2) is 14.6 Å². The van der Waals surface area contributed by atoms with Crippen LogP contribution in [0.5, 0.6) is 11.5 Å². The van der Waals surface area contributed by atoms with Gasteiger partial charge in [-0.2, -0.15) is 0 Å². The molecule has 186 valence electrons. The van der Waals surface area contributed by atoms with Crippen molar-refractivity contribution in [1.82, 2.24) is 10.4 Å². The first-order valence-corrected chi connectivity index (χ1v) is 13.1. The number of ether oxygens (including phenoxy) is 2. The van der Waals surface area contributed by atoms with Crippen molar-refractivity contribution >= 4 is 15.7 Å². The highest BCUT2D eigenvalue weighted by atomic mass is 32.2. The number of nitrogens with zero attached hydrogens (tertiary/aromatic N) is 1. The van der Waals surface area contributed by atoms with Crippen LogP contribution in [0.4, 0.5) is 0 Å². The summed E-state index contributed by atoms with van der Waals surface area (Å²) in [6.07, 6.45) is 3.63. The van der Waals surface area contributed by atoms with E-state index in [0.717, 1.165) is 19.6 Å². The third kappa shape index (κ3) is 5.71. The normalized spacial score (nSPS) is 16.4. The summed E-state index contributed by atoms with van der Waals surface area (Å²) in [6, 6.07) is 12.9. The zero-order chi connectivity index (χ0) is 24.6. The largest absolute Gasteiger partial charge is 0.497 e. The van der Waals surface area contributed by atoms with E-state index in [1.165, 1.54) is 50.6 Å². The number of sulfone groups is 1. The second kappa shape index (κ2) is 11.7. The number of benzene rings is 2. The molecule has 9 heteroatoms. The zero-order valence-electron chi connectivity index (χ0n) is 19.8. The number of rotatable bonds is 11. The molecule has 1 aliphatic heterocycles. The Morgan fingerprint density at radius 2 is 1.65 bits per heavy atom. The van der Waals surface area contributed by atoms with E-state index >= 15 is 0 Å². The minimum atomic E-state index is -4.15. The van der Waals surface area contributed by atoms with Crippen LogP contribution in [0.25, 0.3) is 0 Å². The third-order valence-corrected chi connectivity index (χ3v) is 9.05. The van der Waals surface area contributed by atoms with Gasteiger partial charge in [0, 0.05) is 13.0 Å². The van der Waals surface area contributed by atoms with Gasteiger partial charge in [-0.1, -0.05) is 25.5 Å². The highest BCUT2D eigenvalue weighted by Gasteiger charge is 2.50. The molecule has 2 aromatic rings. The molecule has 2 N–H and O–H groups in total. The predicted molar refractivity (Wildman–Crippen MR) is 129 cm³/mol. The maximum absolute atomic E-state index is 13.6. The van der Waals surface area contributed by atoms with E-state index in [4.69, 9.17) is 9.47 Å². The predicted octanol–water partition coefficient (Wildman–Crippen LogP) is 3.23. The highest BCUT2D eigenvalue weighted by Crippen LogP contribution is 2.34. The summed E-state index contributed by atoms with van der Waals surface area (Å²) >= 11 is 0. The van der Waals surface area contributed by atoms with Crippen LogP contribution in [0.15, 0.2) is 53.4 Å². The number of hydrogen-bond acceptors (Lipinski definition) is 7. The van der Waals surface area contributed by atoms with Crippen molar-refractivity contribution in [3.8, 4) is 11.5 Å². The Hall–Kier alpha value is -2.62. The van der Waals surface area contributed by atoms with E-state index in [1.54, 1.807) is 36.7 Å². The second-order valence-corrected chi connectivity index (χ2v) is 10.8. The minimum Gasteiger partial charge on any atom is -0.497 e. The summed E-state index contributed by atoms with van der Waals surface area (Å²) in [6.45, 7) is 5.29. The van der Waals surface area contributed by atoms with Crippen molar-refractivity contribution in [2.75, 3.05) is 33.4 Å². The van der Waals surface area contributed by atoms with Crippen LogP contribution in [0.3, 0.4) is 0 Å². The van der Waals surface area contributed by atoms with E-state index in [0.29, 0.717) is 23.7 Å². The molecule has 1 aliphatic rings. The fourth-order valence-electron chi connectivity index (χ4n) is 4.36. The molecule has 0 saturated carbocycles. The molecule has 1 unspecified atom stereocenters. The Labute approximate surface area is 201 Å². The third-order valence-electron chi connectivity index (χ3n) is 6.51. The SMILES string of the molecule is CCC(Cc1ccc(OCCN2CCCCC2)cc1)(C(=O)NO)S(=O)(=O)c1ccc(OC)cc1. The van der Waals surface area contributed by atoms with E-state index in [2.05, 4.69) is 4.90 Å². The van der Waals surface area contributed by atoms with Crippen LogP contribution in [-0.2, 0) is 21.1 Å². The van der Waals surface area contributed by atoms with Crippen LogP contribution < -0.4 is 15.0 Å². The number of carbonyl (C=O) groups excluding carboxylic acids is 1. The Bertz CT molecular complexity index is 1030. The maximum atomic E-state index is 13.6. The van der Waals surface area contributed by atoms with Gasteiger partial charge in [-0.25, -0.2) is 13.9 Å². The van der Waals surface area contributed by atoms with E-state index in [1.807, 2.05) is 0 Å². The van der Waals surface area contributed by atoms with Crippen molar-refractivity contribution in [1.29, 1.82) is 0 Å². The number of methoxy groups -OCH3 is 1.